The molecule has 212 valence electrons. The molecule has 1 unspecified atom stereocenters. The topological polar surface area (TPSA) is 107 Å². The quantitative estimate of drug-likeness (QED) is 0.149. The summed E-state index contributed by atoms with van der Waals surface area (Å²) in [5, 5.41) is 11.7. The highest BCUT2D eigenvalue weighted by Crippen LogP contribution is 2.48. The molecular weight excluding hydrogens is 551 g/mol. The second kappa shape index (κ2) is 11.5. The summed E-state index contributed by atoms with van der Waals surface area (Å²) < 4.78 is 36.7. The lowest BCUT2D eigenvalue weighted by Crippen LogP contribution is -2.29. The molecule has 0 saturated carbocycles. The maximum Gasteiger partial charge on any atom is 0.301 e. The Kier molecular flexibility index (Phi) is 7.80. The van der Waals surface area contributed by atoms with Crippen LogP contribution in [-0.2, 0) is 9.59 Å². The van der Waals surface area contributed by atoms with Crippen molar-refractivity contribution in [3.8, 4) is 23.0 Å². The van der Waals surface area contributed by atoms with E-state index >= 15 is 0 Å². The van der Waals surface area contributed by atoms with Gasteiger partial charge in [0.2, 0.25) is 5.75 Å². The number of anilines is 1. The highest BCUT2D eigenvalue weighted by Gasteiger charge is 2.48. The molecule has 0 spiro atoms. The highest BCUT2D eigenvalue weighted by molar-refractivity contribution is 7.22. The second-order valence-electron chi connectivity index (χ2n) is 9.11. The zero-order valence-corrected chi connectivity index (χ0v) is 23.6. The molecule has 4 aromatic rings. The van der Waals surface area contributed by atoms with Crippen LogP contribution in [0.3, 0.4) is 0 Å². The van der Waals surface area contributed by atoms with E-state index in [-0.39, 0.29) is 22.2 Å². The van der Waals surface area contributed by atoms with Gasteiger partial charge >= 0.3 is 5.91 Å². The normalized spacial score (nSPS) is 16.3. The molecule has 3 aromatic carbocycles. The molecule has 11 heteroatoms. The van der Waals surface area contributed by atoms with E-state index < -0.39 is 29.3 Å². The molecule has 2 heterocycles. The lowest BCUT2D eigenvalue weighted by molar-refractivity contribution is -0.132. The molecule has 1 aromatic heterocycles. The van der Waals surface area contributed by atoms with Gasteiger partial charge in [0.1, 0.15) is 17.3 Å². The smallest absolute Gasteiger partial charge is 0.301 e. The minimum atomic E-state index is -1.13. The number of hydrogen-bond donors (Lipinski definition) is 1. The molecule has 1 aliphatic rings. The summed E-state index contributed by atoms with van der Waals surface area (Å²) in [7, 11) is 4.35. The number of methoxy groups -OCH3 is 3. The summed E-state index contributed by atoms with van der Waals surface area (Å²) in [6, 6.07) is 12.8. The van der Waals surface area contributed by atoms with Crippen molar-refractivity contribution in [2.24, 2.45) is 0 Å². The second-order valence-corrected chi connectivity index (χ2v) is 10.1. The number of hydrogen-bond acceptors (Lipinski definition) is 9. The van der Waals surface area contributed by atoms with Gasteiger partial charge in [-0.3, -0.25) is 14.5 Å². The van der Waals surface area contributed by atoms with Crippen LogP contribution in [0.5, 0.6) is 23.0 Å². The number of nitrogens with zero attached hydrogens (tertiary/aromatic N) is 2. The Morgan fingerprint density at radius 2 is 1.76 bits per heavy atom. The summed E-state index contributed by atoms with van der Waals surface area (Å²) in [5.74, 6) is -1.27. The van der Waals surface area contributed by atoms with Crippen molar-refractivity contribution in [3.63, 3.8) is 0 Å². The number of thiazole rings is 1. The fourth-order valence-electron chi connectivity index (χ4n) is 4.70. The number of halogens is 1. The van der Waals surface area contributed by atoms with Crippen molar-refractivity contribution in [3.05, 3.63) is 77.1 Å². The Morgan fingerprint density at radius 3 is 2.41 bits per heavy atom. The Labute approximate surface area is 239 Å². The first-order valence-electron chi connectivity index (χ1n) is 12.7. The number of aromatic nitrogens is 1. The molecule has 0 aliphatic carbocycles. The van der Waals surface area contributed by atoms with Crippen molar-refractivity contribution >= 4 is 44.1 Å². The molecule has 0 bridgehead atoms. The van der Waals surface area contributed by atoms with E-state index in [4.69, 9.17) is 18.9 Å². The SMILES string of the molecule is CCCOc1cccc(/C(O)=C2\C(=O)C(=O)N(c3nc4ccc(F)cc4s3)C2c2cc(OC)c(OC)c(OC)c2)c1. The van der Waals surface area contributed by atoms with Crippen LogP contribution >= 0.6 is 11.3 Å². The van der Waals surface area contributed by atoms with Crippen LogP contribution in [0.25, 0.3) is 16.0 Å². The van der Waals surface area contributed by atoms with Gasteiger partial charge in [0.25, 0.3) is 5.78 Å². The van der Waals surface area contributed by atoms with Gasteiger partial charge in [0.15, 0.2) is 16.6 Å². The van der Waals surface area contributed by atoms with E-state index in [1.54, 1.807) is 36.4 Å². The van der Waals surface area contributed by atoms with E-state index in [9.17, 15) is 19.1 Å². The Hall–Kier alpha value is -4.64. The number of amides is 1. The van der Waals surface area contributed by atoms with Crippen LogP contribution in [-0.4, -0.2) is 49.7 Å². The van der Waals surface area contributed by atoms with Crippen molar-refractivity contribution in [1.29, 1.82) is 0 Å². The largest absolute Gasteiger partial charge is 0.507 e. The van der Waals surface area contributed by atoms with E-state index in [1.165, 1.54) is 44.4 Å². The number of rotatable bonds is 9. The van der Waals surface area contributed by atoms with Crippen molar-refractivity contribution in [2.75, 3.05) is 32.8 Å². The highest BCUT2D eigenvalue weighted by atomic mass is 32.1. The Morgan fingerprint density at radius 1 is 1.02 bits per heavy atom. The maximum absolute atomic E-state index is 14.0. The lowest BCUT2D eigenvalue weighted by atomic mass is 9.94. The molecule has 1 aliphatic heterocycles. The van der Waals surface area contributed by atoms with Crippen LogP contribution < -0.4 is 23.8 Å². The van der Waals surface area contributed by atoms with Gasteiger partial charge in [-0.2, -0.15) is 0 Å². The fraction of sp³-hybridized carbons (Fsp3) is 0.233. The van der Waals surface area contributed by atoms with Crippen LogP contribution in [0, 0.1) is 5.82 Å². The van der Waals surface area contributed by atoms with Gasteiger partial charge in [-0.05, 0) is 54.4 Å². The molecule has 5 rings (SSSR count). The first kappa shape index (κ1) is 27.9. The average molecular weight is 579 g/mol. The van der Waals surface area contributed by atoms with Crippen molar-refractivity contribution < 1.29 is 38.0 Å². The van der Waals surface area contributed by atoms with Gasteiger partial charge in [-0.25, -0.2) is 9.37 Å². The maximum atomic E-state index is 14.0. The number of benzene rings is 3. The third-order valence-corrected chi connectivity index (χ3v) is 7.59. The molecule has 1 saturated heterocycles. The predicted octanol–water partition coefficient (Wildman–Crippen LogP) is 5.88. The number of carbonyl (C=O) groups is 2. The standard InChI is InChI=1S/C30H27FN2O7S/c1-5-11-40-19-8-6-7-16(12-19)26(34)24-25(17-13-21(37-2)28(39-4)22(14-17)38-3)33(29(36)27(24)35)30-32-20-10-9-18(31)15-23(20)41-30/h6-10,12-15,25,34H,5,11H2,1-4H3/b26-24+. The zero-order valence-electron chi connectivity index (χ0n) is 22.8. The number of carbonyl (C=O) groups excluding carboxylic acids is 2. The van der Waals surface area contributed by atoms with Crippen LogP contribution in [0.2, 0.25) is 0 Å². The summed E-state index contributed by atoms with van der Waals surface area (Å²) in [4.78, 5) is 33.0. The molecule has 9 nitrogen and oxygen atoms in total. The molecule has 1 atom stereocenters. The van der Waals surface area contributed by atoms with Gasteiger partial charge < -0.3 is 24.1 Å². The Bertz CT molecular complexity index is 1660. The number of ether oxygens (including phenoxy) is 4. The molecule has 1 fully saturated rings. The van der Waals surface area contributed by atoms with Crippen LogP contribution in [0.15, 0.2) is 60.2 Å². The van der Waals surface area contributed by atoms with Crippen LogP contribution in [0.4, 0.5) is 9.52 Å². The zero-order chi connectivity index (χ0) is 29.3. The molecule has 41 heavy (non-hydrogen) atoms. The number of aliphatic hydroxyl groups is 1. The predicted molar refractivity (Wildman–Crippen MR) is 153 cm³/mol. The monoisotopic (exact) mass is 578 g/mol. The van der Waals surface area contributed by atoms with Gasteiger partial charge in [-0.15, -0.1) is 0 Å². The third-order valence-electron chi connectivity index (χ3n) is 6.57. The fourth-order valence-corrected chi connectivity index (χ4v) is 5.72. The van der Waals surface area contributed by atoms with E-state index in [2.05, 4.69) is 4.98 Å². The molecular formula is C30H27FN2O7S. The van der Waals surface area contributed by atoms with Gasteiger partial charge in [0.05, 0.1) is 49.8 Å². The van der Waals surface area contributed by atoms with E-state index in [1.807, 2.05) is 6.92 Å². The first-order chi connectivity index (χ1) is 19.8. The summed E-state index contributed by atoms with van der Waals surface area (Å²) in [6.45, 7) is 2.44. The van der Waals surface area contributed by atoms with Gasteiger partial charge in [0, 0.05) is 5.56 Å². The Balaban J connectivity index is 1.75. The van der Waals surface area contributed by atoms with E-state index in [0.717, 1.165) is 17.8 Å². The molecule has 0 radical (unpaired) electrons. The first-order valence-corrected chi connectivity index (χ1v) is 13.5. The number of Topliss-reactive ketones (excluding diaryl/α,β-unsaturated/α-hetero) is 1. The van der Waals surface area contributed by atoms with Crippen LogP contribution in [0.1, 0.15) is 30.5 Å². The minimum absolute atomic E-state index is 0.158. The minimum Gasteiger partial charge on any atom is -0.507 e. The van der Waals surface area contributed by atoms with Crippen molar-refractivity contribution in [2.45, 2.75) is 19.4 Å². The summed E-state index contributed by atoms with van der Waals surface area (Å²) in [6.07, 6.45) is 0.786. The number of ketones is 1. The summed E-state index contributed by atoms with van der Waals surface area (Å²) >= 11 is 1.05. The lowest BCUT2D eigenvalue weighted by Gasteiger charge is -2.24. The number of fused-ring (bicyclic) bond motifs is 1. The molecule has 1 amide bonds. The average Bonchev–Trinajstić information content (AvgIpc) is 3.52. The third kappa shape index (κ3) is 5.04. The van der Waals surface area contributed by atoms with Gasteiger partial charge in [-0.1, -0.05) is 30.4 Å². The number of aliphatic hydroxyl groups excluding tert-OH is 1. The summed E-state index contributed by atoms with van der Waals surface area (Å²) in [5.41, 5.74) is 0.976. The van der Waals surface area contributed by atoms with Crippen molar-refractivity contribution in [1.82, 2.24) is 4.98 Å². The molecule has 1 N–H and O–H groups in total. The van der Waals surface area contributed by atoms with E-state index in [0.29, 0.717) is 39.4 Å².